The molecule has 0 aliphatic rings. The highest BCUT2D eigenvalue weighted by Gasteiger charge is 2.16. The first-order valence-corrected chi connectivity index (χ1v) is 8.04. The quantitative estimate of drug-likeness (QED) is 0.399. The Kier molecular flexibility index (Phi) is 4.08. The SMILES string of the molecule is C[Si](C)(F)C/C=C/Cc1ccccc1. The summed E-state index contributed by atoms with van der Waals surface area (Å²) in [7, 11) is -2.38. The molecule has 0 aliphatic heterocycles. The van der Waals surface area contributed by atoms with Crippen molar-refractivity contribution >= 4 is 8.41 Å². The molecule has 0 saturated carbocycles. The standard InChI is InChI=1S/C12H17FSi/c1-14(2,13)11-7-6-10-12-8-4-3-5-9-12/h3-9H,10-11H2,1-2H3/b7-6+. The summed E-state index contributed by atoms with van der Waals surface area (Å²) in [6, 6.07) is 10.9. The predicted molar refractivity (Wildman–Crippen MR) is 62.7 cm³/mol. The highest BCUT2D eigenvalue weighted by molar-refractivity contribution is 6.70. The van der Waals surface area contributed by atoms with Crippen LogP contribution in [0.4, 0.5) is 4.11 Å². The zero-order valence-electron chi connectivity index (χ0n) is 8.83. The van der Waals surface area contributed by atoms with Crippen molar-refractivity contribution in [2.75, 3.05) is 0 Å². The van der Waals surface area contributed by atoms with Gasteiger partial charge in [-0.15, -0.1) is 0 Å². The smallest absolute Gasteiger partial charge is 0.244 e. The van der Waals surface area contributed by atoms with E-state index in [0.29, 0.717) is 6.04 Å². The van der Waals surface area contributed by atoms with Crippen molar-refractivity contribution < 1.29 is 4.11 Å². The Hall–Kier alpha value is -0.893. The van der Waals surface area contributed by atoms with Gasteiger partial charge in [0.15, 0.2) is 0 Å². The van der Waals surface area contributed by atoms with Crippen LogP contribution in [0.1, 0.15) is 5.56 Å². The number of hydrogen-bond acceptors (Lipinski definition) is 0. The van der Waals surface area contributed by atoms with Crippen LogP contribution in [0, 0.1) is 0 Å². The Labute approximate surface area is 86.7 Å². The van der Waals surface area contributed by atoms with Crippen LogP contribution in [0.3, 0.4) is 0 Å². The van der Waals surface area contributed by atoms with Gasteiger partial charge in [-0.1, -0.05) is 42.5 Å². The minimum Gasteiger partial charge on any atom is -0.314 e. The molecule has 0 aromatic heterocycles. The lowest BCUT2D eigenvalue weighted by atomic mass is 10.1. The van der Waals surface area contributed by atoms with Crippen molar-refractivity contribution in [2.24, 2.45) is 0 Å². The molecule has 0 bridgehead atoms. The van der Waals surface area contributed by atoms with Crippen LogP contribution in [0.2, 0.25) is 19.1 Å². The summed E-state index contributed by atoms with van der Waals surface area (Å²) < 4.78 is 13.2. The molecule has 0 unspecified atom stereocenters. The van der Waals surface area contributed by atoms with Gasteiger partial charge in [0.2, 0.25) is 8.41 Å². The Morgan fingerprint density at radius 3 is 2.36 bits per heavy atom. The second-order valence-electron chi connectivity index (χ2n) is 4.08. The van der Waals surface area contributed by atoms with E-state index in [2.05, 4.69) is 18.2 Å². The zero-order chi connectivity index (χ0) is 10.4. The van der Waals surface area contributed by atoms with Crippen molar-refractivity contribution in [3.05, 3.63) is 48.0 Å². The molecule has 14 heavy (non-hydrogen) atoms. The molecule has 2 heteroatoms. The van der Waals surface area contributed by atoms with Crippen molar-refractivity contribution in [2.45, 2.75) is 25.6 Å². The van der Waals surface area contributed by atoms with Gasteiger partial charge in [-0.3, -0.25) is 0 Å². The Balaban J connectivity index is 2.35. The molecule has 0 N–H and O–H groups in total. The van der Waals surface area contributed by atoms with E-state index in [4.69, 9.17) is 0 Å². The molecule has 0 heterocycles. The van der Waals surface area contributed by atoms with Gasteiger partial charge in [0, 0.05) is 0 Å². The maximum atomic E-state index is 13.2. The van der Waals surface area contributed by atoms with E-state index in [9.17, 15) is 4.11 Å². The second-order valence-corrected chi connectivity index (χ2v) is 7.93. The largest absolute Gasteiger partial charge is 0.314 e. The minimum absolute atomic E-state index is 0.625. The molecule has 1 aromatic carbocycles. The summed E-state index contributed by atoms with van der Waals surface area (Å²) in [5.74, 6) is 0. The summed E-state index contributed by atoms with van der Waals surface area (Å²) >= 11 is 0. The third-order valence-corrected chi connectivity index (χ3v) is 3.17. The normalized spacial score (nSPS) is 12.2. The Morgan fingerprint density at radius 2 is 1.79 bits per heavy atom. The number of halogens is 1. The van der Waals surface area contributed by atoms with Crippen LogP contribution in [-0.4, -0.2) is 8.41 Å². The van der Waals surface area contributed by atoms with Crippen molar-refractivity contribution in [1.82, 2.24) is 0 Å². The maximum absolute atomic E-state index is 13.2. The van der Waals surface area contributed by atoms with Gasteiger partial charge >= 0.3 is 0 Å². The monoisotopic (exact) mass is 208 g/mol. The minimum atomic E-state index is -2.38. The van der Waals surface area contributed by atoms with Crippen molar-refractivity contribution in [1.29, 1.82) is 0 Å². The molecular weight excluding hydrogens is 191 g/mol. The van der Waals surface area contributed by atoms with E-state index in [1.165, 1.54) is 5.56 Å². The fraction of sp³-hybridized carbons (Fsp3) is 0.333. The summed E-state index contributed by atoms with van der Waals surface area (Å²) in [6.45, 7) is 3.47. The van der Waals surface area contributed by atoms with Crippen LogP contribution in [0.25, 0.3) is 0 Å². The zero-order valence-corrected chi connectivity index (χ0v) is 9.83. The van der Waals surface area contributed by atoms with E-state index in [1.54, 1.807) is 13.1 Å². The Bertz CT molecular complexity index is 285. The van der Waals surface area contributed by atoms with Gasteiger partial charge in [0.05, 0.1) is 0 Å². The third-order valence-electron chi connectivity index (χ3n) is 1.97. The van der Waals surface area contributed by atoms with Gasteiger partial charge < -0.3 is 4.11 Å². The molecule has 0 radical (unpaired) electrons. The number of rotatable bonds is 4. The van der Waals surface area contributed by atoms with Gasteiger partial charge in [0.25, 0.3) is 0 Å². The van der Waals surface area contributed by atoms with Crippen molar-refractivity contribution in [3.8, 4) is 0 Å². The van der Waals surface area contributed by atoms with E-state index in [1.807, 2.05) is 24.3 Å². The van der Waals surface area contributed by atoms with Crippen LogP contribution >= 0.6 is 0 Å². The summed E-state index contributed by atoms with van der Waals surface area (Å²) in [5.41, 5.74) is 1.28. The molecule has 0 aliphatic carbocycles. The van der Waals surface area contributed by atoms with Gasteiger partial charge in [-0.05, 0) is 31.1 Å². The molecule has 0 fully saturated rings. The molecular formula is C12H17FSi. The van der Waals surface area contributed by atoms with Crippen LogP contribution in [-0.2, 0) is 6.42 Å². The first kappa shape index (κ1) is 11.2. The summed E-state index contributed by atoms with van der Waals surface area (Å²) in [4.78, 5) is 0. The predicted octanol–water partition coefficient (Wildman–Crippen LogP) is 3.96. The fourth-order valence-corrected chi connectivity index (χ4v) is 1.92. The second kappa shape index (κ2) is 5.10. The molecule has 0 saturated heterocycles. The number of benzene rings is 1. The Morgan fingerprint density at radius 1 is 1.14 bits per heavy atom. The highest BCUT2D eigenvalue weighted by Crippen LogP contribution is 2.11. The number of allylic oxidation sites excluding steroid dienone is 2. The molecule has 76 valence electrons. The van der Waals surface area contributed by atoms with Gasteiger partial charge in [0.1, 0.15) is 0 Å². The lowest BCUT2D eigenvalue weighted by molar-refractivity contribution is 0.799. The van der Waals surface area contributed by atoms with Crippen LogP contribution in [0.15, 0.2) is 42.5 Å². The molecule has 0 nitrogen and oxygen atoms in total. The van der Waals surface area contributed by atoms with Crippen LogP contribution < -0.4 is 0 Å². The lowest BCUT2D eigenvalue weighted by Crippen LogP contribution is -2.15. The van der Waals surface area contributed by atoms with Crippen molar-refractivity contribution in [3.63, 3.8) is 0 Å². The van der Waals surface area contributed by atoms with E-state index < -0.39 is 8.41 Å². The first-order valence-electron chi connectivity index (χ1n) is 4.96. The first-order chi connectivity index (χ1) is 6.58. The average molecular weight is 208 g/mol. The lowest BCUT2D eigenvalue weighted by Gasteiger charge is -2.05. The molecule has 1 aromatic rings. The molecule has 1 rings (SSSR count). The van der Waals surface area contributed by atoms with Gasteiger partial charge in [-0.2, -0.15) is 0 Å². The maximum Gasteiger partial charge on any atom is 0.244 e. The fourth-order valence-electron chi connectivity index (χ4n) is 1.20. The van der Waals surface area contributed by atoms with E-state index >= 15 is 0 Å². The molecule has 0 amide bonds. The molecule has 0 atom stereocenters. The number of hydrogen-bond donors (Lipinski definition) is 0. The van der Waals surface area contributed by atoms with Gasteiger partial charge in [-0.25, -0.2) is 0 Å². The van der Waals surface area contributed by atoms with E-state index in [0.717, 1.165) is 6.42 Å². The summed E-state index contributed by atoms with van der Waals surface area (Å²) in [5, 5.41) is 0. The van der Waals surface area contributed by atoms with E-state index in [-0.39, 0.29) is 0 Å². The topological polar surface area (TPSA) is 0 Å². The summed E-state index contributed by atoms with van der Waals surface area (Å²) in [6.07, 6.45) is 4.94. The van der Waals surface area contributed by atoms with Crippen LogP contribution in [0.5, 0.6) is 0 Å². The molecule has 0 spiro atoms. The highest BCUT2D eigenvalue weighted by atomic mass is 28.4. The third kappa shape index (κ3) is 4.97. The average Bonchev–Trinajstić information content (AvgIpc) is 2.13.